The van der Waals surface area contributed by atoms with Crippen LogP contribution in [0.5, 0.6) is 0 Å². The predicted octanol–water partition coefficient (Wildman–Crippen LogP) is 0.0984. The molecular weight excluding hydrogens is 206 g/mol. The van der Waals surface area contributed by atoms with Gasteiger partial charge in [-0.05, 0) is 20.3 Å². The Morgan fingerprint density at radius 3 is 2.38 bits per heavy atom. The van der Waals surface area contributed by atoms with E-state index >= 15 is 0 Å². The molecule has 0 aliphatic carbocycles. The minimum Gasteiger partial charge on any atom is -0.355 e. The van der Waals surface area contributed by atoms with Gasteiger partial charge in [0, 0.05) is 13.6 Å². The molecule has 1 unspecified atom stereocenters. The third kappa shape index (κ3) is 4.61. The van der Waals surface area contributed by atoms with Crippen molar-refractivity contribution >= 4 is 11.8 Å². The first-order valence-corrected chi connectivity index (χ1v) is 5.66. The van der Waals surface area contributed by atoms with Crippen LogP contribution in [0.4, 0.5) is 0 Å². The molecule has 16 heavy (non-hydrogen) atoms. The van der Waals surface area contributed by atoms with Gasteiger partial charge in [-0.1, -0.05) is 13.3 Å². The molecular formula is C11H23N3O2. The van der Waals surface area contributed by atoms with Gasteiger partial charge in [-0.15, -0.1) is 0 Å². The first kappa shape index (κ1) is 14.9. The van der Waals surface area contributed by atoms with E-state index in [4.69, 9.17) is 5.73 Å². The van der Waals surface area contributed by atoms with Crippen LogP contribution in [0, 0.1) is 0 Å². The van der Waals surface area contributed by atoms with Gasteiger partial charge in [0.1, 0.15) is 0 Å². The van der Waals surface area contributed by atoms with Crippen molar-refractivity contribution in [2.45, 2.75) is 39.2 Å². The standard InChI is InChI=1S/C11H23N3O2/c1-5-7-11(3,12)10(16)14(4)8-9(15)13-6-2/h5-8,12H2,1-4H3,(H,13,15). The summed E-state index contributed by atoms with van der Waals surface area (Å²) >= 11 is 0. The molecule has 0 aromatic carbocycles. The number of amides is 2. The number of nitrogens with zero attached hydrogens (tertiary/aromatic N) is 1. The Labute approximate surface area is 97.4 Å². The van der Waals surface area contributed by atoms with Crippen molar-refractivity contribution in [1.29, 1.82) is 0 Å². The fraction of sp³-hybridized carbons (Fsp3) is 0.818. The lowest BCUT2D eigenvalue weighted by atomic mass is 9.96. The molecule has 0 saturated heterocycles. The Morgan fingerprint density at radius 2 is 1.94 bits per heavy atom. The van der Waals surface area contributed by atoms with Gasteiger partial charge < -0.3 is 16.0 Å². The zero-order valence-corrected chi connectivity index (χ0v) is 10.7. The first-order chi connectivity index (χ1) is 7.35. The molecule has 0 saturated carbocycles. The predicted molar refractivity (Wildman–Crippen MR) is 63.8 cm³/mol. The molecule has 0 aromatic heterocycles. The summed E-state index contributed by atoms with van der Waals surface area (Å²) in [6.45, 7) is 6.14. The van der Waals surface area contributed by atoms with E-state index < -0.39 is 5.54 Å². The Hall–Kier alpha value is -1.10. The Balaban J connectivity index is 4.32. The van der Waals surface area contributed by atoms with E-state index in [9.17, 15) is 9.59 Å². The van der Waals surface area contributed by atoms with Crippen LogP contribution in [0.25, 0.3) is 0 Å². The molecule has 0 aliphatic rings. The highest BCUT2D eigenvalue weighted by Gasteiger charge is 2.30. The van der Waals surface area contributed by atoms with Gasteiger partial charge in [-0.25, -0.2) is 0 Å². The van der Waals surface area contributed by atoms with Gasteiger partial charge in [0.2, 0.25) is 11.8 Å². The maximum Gasteiger partial charge on any atom is 0.242 e. The molecule has 0 spiro atoms. The lowest BCUT2D eigenvalue weighted by Crippen LogP contribution is -2.53. The molecule has 1 atom stereocenters. The van der Waals surface area contributed by atoms with Crippen molar-refractivity contribution < 1.29 is 9.59 Å². The van der Waals surface area contributed by atoms with Crippen LogP contribution in [-0.4, -0.2) is 42.4 Å². The molecule has 3 N–H and O–H groups in total. The van der Waals surface area contributed by atoms with Crippen LogP contribution in [0.2, 0.25) is 0 Å². The third-order valence-corrected chi connectivity index (χ3v) is 2.36. The van der Waals surface area contributed by atoms with Crippen LogP contribution in [-0.2, 0) is 9.59 Å². The average molecular weight is 229 g/mol. The van der Waals surface area contributed by atoms with E-state index in [1.54, 1.807) is 14.0 Å². The number of carbonyl (C=O) groups is 2. The van der Waals surface area contributed by atoms with Crippen molar-refractivity contribution in [2.75, 3.05) is 20.1 Å². The summed E-state index contributed by atoms with van der Waals surface area (Å²) in [5.41, 5.74) is 5.02. The topological polar surface area (TPSA) is 75.4 Å². The zero-order valence-electron chi connectivity index (χ0n) is 10.7. The summed E-state index contributed by atoms with van der Waals surface area (Å²) in [5, 5.41) is 2.64. The van der Waals surface area contributed by atoms with Gasteiger partial charge in [-0.2, -0.15) is 0 Å². The summed E-state index contributed by atoms with van der Waals surface area (Å²) < 4.78 is 0. The van der Waals surface area contributed by atoms with Gasteiger partial charge in [0.05, 0.1) is 12.1 Å². The number of hydrogen-bond donors (Lipinski definition) is 2. The van der Waals surface area contributed by atoms with Crippen LogP contribution in [0.3, 0.4) is 0 Å². The molecule has 0 rings (SSSR count). The lowest BCUT2D eigenvalue weighted by molar-refractivity contribution is -0.138. The second-order valence-corrected chi connectivity index (χ2v) is 4.28. The highest BCUT2D eigenvalue weighted by molar-refractivity contribution is 5.89. The second-order valence-electron chi connectivity index (χ2n) is 4.28. The smallest absolute Gasteiger partial charge is 0.242 e. The molecule has 5 heteroatoms. The first-order valence-electron chi connectivity index (χ1n) is 5.66. The summed E-state index contributed by atoms with van der Waals surface area (Å²) in [6.07, 6.45) is 1.46. The van der Waals surface area contributed by atoms with Gasteiger partial charge >= 0.3 is 0 Å². The fourth-order valence-corrected chi connectivity index (χ4v) is 1.60. The van der Waals surface area contributed by atoms with Crippen LogP contribution >= 0.6 is 0 Å². The molecule has 94 valence electrons. The Kier molecular flexibility index (Phi) is 6.03. The van der Waals surface area contributed by atoms with E-state index in [1.165, 1.54) is 4.90 Å². The monoisotopic (exact) mass is 229 g/mol. The highest BCUT2D eigenvalue weighted by atomic mass is 16.2. The number of nitrogens with two attached hydrogens (primary N) is 1. The molecule has 2 amide bonds. The fourth-order valence-electron chi connectivity index (χ4n) is 1.60. The van der Waals surface area contributed by atoms with Crippen molar-refractivity contribution in [1.82, 2.24) is 10.2 Å². The summed E-state index contributed by atoms with van der Waals surface area (Å²) in [7, 11) is 1.60. The van der Waals surface area contributed by atoms with Gasteiger partial charge in [-0.3, -0.25) is 9.59 Å². The zero-order chi connectivity index (χ0) is 12.8. The molecule has 0 heterocycles. The minimum atomic E-state index is -0.879. The molecule has 0 aromatic rings. The maximum absolute atomic E-state index is 11.9. The van der Waals surface area contributed by atoms with E-state index in [1.807, 2.05) is 13.8 Å². The summed E-state index contributed by atoms with van der Waals surface area (Å²) in [5.74, 6) is -0.355. The van der Waals surface area contributed by atoms with E-state index in [-0.39, 0.29) is 18.4 Å². The summed E-state index contributed by atoms with van der Waals surface area (Å²) in [4.78, 5) is 24.6. The summed E-state index contributed by atoms with van der Waals surface area (Å²) in [6, 6.07) is 0. The third-order valence-electron chi connectivity index (χ3n) is 2.36. The SMILES string of the molecule is CCCC(C)(N)C(=O)N(C)CC(=O)NCC. The molecule has 5 nitrogen and oxygen atoms in total. The number of carbonyl (C=O) groups excluding carboxylic acids is 2. The van der Waals surface area contributed by atoms with E-state index in [2.05, 4.69) is 5.32 Å². The minimum absolute atomic E-state index is 0.0587. The Morgan fingerprint density at radius 1 is 1.38 bits per heavy atom. The number of hydrogen-bond acceptors (Lipinski definition) is 3. The van der Waals surface area contributed by atoms with Crippen LogP contribution in [0.1, 0.15) is 33.6 Å². The molecule has 0 bridgehead atoms. The Bertz CT molecular complexity index is 252. The maximum atomic E-state index is 11.9. The van der Waals surface area contributed by atoms with Crippen molar-refractivity contribution in [3.8, 4) is 0 Å². The van der Waals surface area contributed by atoms with Crippen LogP contribution < -0.4 is 11.1 Å². The van der Waals surface area contributed by atoms with Crippen LogP contribution in [0.15, 0.2) is 0 Å². The highest BCUT2D eigenvalue weighted by Crippen LogP contribution is 2.11. The second kappa shape index (κ2) is 6.48. The van der Waals surface area contributed by atoms with Crippen molar-refractivity contribution in [3.05, 3.63) is 0 Å². The van der Waals surface area contributed by atoms with Gasteiger partial charge in [0.15, 0.2) is 0 Å². The van der Waals surface area contributed by atoms with Gasteiger partial charge in [0.25, 0.3) is 0 Å². The van der Waals surface area contributed by atoms with E-state index in [0.717, 1.165) is 6.42 Å². The van der Waals surface area contributed by atoms with Crippen molar-refractivity contribution in [2.24, 2.45) is 5.73 Å². The molecule has 0 aliphatic heterocycles. The molecule has 0 radical (unpaired) electrons. The normalized spacial score (nSPS) is 14.1. The number of nitrogens with one attached hydrogen (secondary N) is 1. The lowest BCUT2D eigenvalue weighted by Gasteiger charge is -2.28. The quantitative estimate of drug-likeness (QED) is 0.678. The van der Waals surface area contributed by atoms with Crippen molar-refractivity contribution in [3.63, 3.8) is 0 Å². The number of rotatable bonds is 6. The average Bonchev–Trinajstić information content (AvgIpc) is 2.16. The number of likely N-dealkylation sites (N-methyl/N-ethyl adjacent to an activating group) is 2. The largest absolute Gasteiger partial charge is 0.355 e. The van der Waals surface area contributed by atoms with E-state index in [0.29, 0.717) is 13.0 Å². The molecule has 0 fully saturated rings.